The number of aromatic nitrogens is 2. The predicted octanol–water partition coefficient (Wildman–Crippen LogP) is 0.230. The Hall–Kier alpha value is -0.430. The average molecular weight is 280 g/mol. The van der Waals surface area contributed by atoms with Crippen molar-refractivity contribution < 1.29 is 5.11 Å². The van der Waals surface area contributed by atoms with Gasteiger partial charge in [-0.2, -0.15) is 5.10 Å². The Kier molecular flexibility index (Phi) is 3.67. The minimum absolute atomic E-state index is 0.0834. The summed E-state index contributed by atoms with van der Waals surface area (Å²) in [5.41, 5.74) is -0.115. The summed E-state index contributed by atoms with van der Waals surface area (Å²) >= 11 is 2.03. The Bertz CT molecular complexity index is 311. The number of hydrogen-bond acceptors (Lipinski definition) is 3. The van der Waals surface area contributed by atoms with Crippen molar-refractivity contribution in [3.05, 3.63) is 26.2 Å². The highest BCUT2D eigenvalue weighted by atomic mass is 127. The van der Waals surface area contributed by atoms with Crippen molar-refractivity contribution in [2.45, 2.75) is 13.0 Å². The first-order valence-electron chi connectivity index (χ1n) is 3.57. The topological polar surface area (TPSA) is 55.1 Å². The van der Waals surface area contributed by atoms with Crippen molar-refractivity contribution in [2.75, 3.05) is 6.61 Å². The van der Waals surface area contributed by atoms with E-state index in [9.17, 15) is 4.79 Å². The van der Waals surface area contributed by atoms with Crippen molar-refractivity contribution in [3.63, 3.8) is 0 Å². The van der Waals surface area contributed by atoms with E-state index in [0.29, 0.717) is 13.0 Å². The normalized spacial score (nSPS) is 10.2. The zero-order chi connectivity index (χ0) is 8.97. The van der Waals surface area contributed by atoms with Crippen molar-refractivity contribution in [3.8, 4) is 0 Å². The molecule has 0 radical (unpaired) electrons. The number of aliphatic hydroxyl groups is 1. The summed E-state index contributed by atoms with van der Waals surface area (Å²) < 4.78 is 2.18. The third-order valence-electron chi connectivity index (χ3n) is 1.36. The molecule has 1 aromatic rings. The van der Waals surface area contributed by atoms with Crippen LogP contribution in [-0.4, -0.2) is 21.5 Å². The van der Waals surface area contributed by atoms with Crippen molar-refractivity contribution in [1.82, 2.24) is 9.78 Å². The summed E-state index contributed by atoms with van der Waals surface area (Å²) in [4.78, 5) is 11.2. The Morgan fingerprint density at radius 1 is 1.67 bits per heavy atom. The fraction of sp³-hybridized carbons (Fsp3) is 0.429. The third-order valence-corrected chi connectivity index (χ3v) is 1.95. The fourth-order valence-electron chi connectivity index (χ4n) is 0.800. The summed E-state index contributed by atoms with van der Waals surface area (Å²) in [5, 5.41) is 12.4. The van der Waals surface area contributed by atoms with Crippen LogP contribution in [-0.2, 0) is 6.54 Å². The van der Waals surface area contributed by atoms with Gasteiger partial charge in [0, 0.05) is 22.8 Å². The molecule has 1 N–H and O–H groups in total. The molecule has 0 unspecified atom stereocenters. The van der Waals surface area contributed by atoms with Crippen LogP contribution in [0.15, 0.2) is 17.1 Å². The number of aliphatic hydroxyl groups excluding tert-OH is 1. The third kappa shape index (κ3) is 2.56. The quantitative estimate of drug-likeness (QED) is 0.806. The Balaban J connectivity index is 2.80. The maximum Gasteiger partial charge on any atom is 0.267 e. The first kappa shape index (κ1) is 9.66. The minimum atomic E-state index is -0.115. The molecule has 0 fully saturated rings. The lowest BCUT2D eigenvalue weighted by Crippen LogP contribution is -2.22. The van der Waals surface area contributed by atoms with Crippen LogP contribution < -0.4 is 5.56 Å². The van der Waals surface area contributed by atoms with E-state index in [2.05, 4.69) is 5.10 Å². The number of rotatable bonds is 3. The second kappa shape index (κ2) is 4.56. The van der Waals surface area contributed by atoms with Crippen LogP contribution in [0, 0.1) is 3.57 Å². The van der Waals surface area contributed by atoms with E-state index in [0.717, 1.165) is 3.57 Å². The van der Waals surface area contributed by atoms with Gasteiger partial charge in [0.05, 0.1) is 6.20 Å². The molecule has 0 saturated carbocycles. The number of halogens is 1. The van der Waals surface area contributed by atoms with Gasteiger partial charge in [-0.3, -0.25) is 4.79 Å². The summed E-state index contributed by atoms with van der Waals surface area (Å²) in [5.74, 6) is 0. The molecule has 0 atom stereocenters. The van der Waals surface area contributed by atoms with Gasteiger partial charge in [0.1, 0.15) is 0 Å². The van der Waals surface area contributed by atoms with Crippen LogP contribution in [0.2, 0.25) is 0 Å². The van der Waals surface area contributed by atoms with E-state index >= 15 is 0 Å². The molecule has 0 aliphatic heterocycles. The van der Waals surface area contributed by atoms with Gasteiger partial charge in [0.2, 0.25) is 0 Å². The zero-order valence-electron chi connectivity index (χ0n) is 6.40. The molecule has 1 heterocycles. The monoisotopic (exact) mass is 280 g/mol. The smallest absolute Gasteiger partial charge is 0.267 e. The van der Waals surface area contributed by atoms with Crippen LogP contribution in [0.1, 0.15) is 6.42 Å². The standard InChI is InChI=1S/C7H9IN2O2/c8-6-4-7(12)10(9-5-6)2-1-3-11/h4-5,11H,1-3H2. The van der Waals surface area contributed by atoms with E-state index < -0.39 is 0 Å². The maximum atomic E-state index is 11.2. The van der Waals surface area contributed by atoms with Crippen molar-refractivity contribution in [2.24, 2.45) is 0 Å². The second-order valence-electron chi connectivity index (χ2n) is 2.31. The van der Waals surface area contributed by atoms with E-state index in [1.165, 1.54) is 10.7 Å². The van der Waals surface area contributed by atoms with Gasteiger partial charge in [-0.05, 0) is 29.0 Å². The fourth-order valence-corrected chi connectivity index (χ4v) is 1.19. The Morgan fingerprint density at radius 3 is 3.00 bits per heavy atom. The molecule has 4 nitrogen and oxygen atoms in total. The van der Waals surface area contributed by atoms with Gasteiger partial charge in [0.15, 0.2) is 0 Å². The molecule has 0 saturated heterocycles. The summed E-state index contributed by atoms with van der Waals surface area (Å²) in [6, 6.07) is 1.52. The van der Waals surface area contributed by atoms with E-state index in [-0.39, 0.29) is 12.2 Å². The van der Waals surface area contributed by atoms with Gasteiger partial charge in [0.25, 0.3) is 5.56 Å². The lowest BCUT2D eigenvalue weighted by atomic mass is 10.4. The molecule has 1 rings (SSSR count). The highest BCUT2D eigenvalue weighted by molar-refractivity contribution is 14.1. The van der Waals surface area contributed by atoms with E-state index in [4.69, 9.17) is 5.11 Å². The Labute approximate surface area is 83.4 Å². The summed E-state index contributed by atoms with van der Waals surface area (Å²) in [6.45, 7) is 0.562. The second-order valence-corrected chi connectivity index (χ2v) is 3.56. The highest BCUT2D eigenvalue weighted by Crippen LogP contribution is 1.95. The zero-order valence-corrected chi connectivity index (χ0v) is 8.56. The molecule has 0 bridgehead atoms. The van der Waals surface area contributed by atoms with E-state index in [1.807, 2.05) is 22.6 Å². The van der Waals surface area contributed by atoms with Crippen LogP contribution in [0.3, 0.4) is 0 Å². The molecule has 0 amide bonds. The molecule has 0 aromatic carbocycles. The van der Waals surface area contributed by atoms with Crippen molar-refractivity contribution >= 4 is 22.6 Å². The number of hydrogen-bond donors (Lipinski definition) is 1. The average Bonchev–Trinajstić information content (AvgIpc) is 2.03. The first-order chi connectivity index (χ1) is 5.74. The van der Waals surface area contributed by atoms with Crippen LogP contribution >= 0.6 is 22.6 Å². The van der Waals surface area contributed by atoms with Crippen LogP contribution in [0.25, 0.3) is 0 Å². The highest BCUT2D eigenvalue weighted by Gasteiger charge is 1.96. The molecule has 0 spiro atoms. The molecule has 5 heteroatoms. The molecule has 66 valence electrons. The molecule has 0 aliphatic rings. The van der Waals surface area contributed by atoms with Gasteiger partial charge in [-0.25, -0.2) is 4.68 Å². The first-order valence-corrected chi connectivity index (χ1v) is 4.65. The van der Waals surface area contributed by atoms with Crippen LogP contribution in [0.5, 0.6) is 0 Å². The molecular formula is C7H9IN2O2. The SMILES string of the molecule is O=c1cc(I)cnn1CCCO. The van der Waals surface area contributed by atoms with Gasteiger partial charge >= 0.3 is 0 Å². The molecule has 12 heavy (non-hydrogen) atoms. The van der Waals surface area contributed by atoms with Gasteiger partial charge in [-0.1, -0.05) is 0 Å². The predicted molar refractivity (Wildman–Crippen MR) is 52.9 cm³/mol. The van der Waals surface area contributed by atoms with E-state index in [1.54, 1.807) is 6.20 Å². The molecular weight excluding hydrogens is 271 g/mol. The van der Waals surface area contributed by atoms with Crippen LogP contribution in [0.4, 0.5) is 0 Å². The Morgan fingerprint density at radius 2 is 2.42 bits per heavy atom. The van der Waals surface area contributed by atoms with Gasteiger partial charge in [-0.15, -0.1) is 0 Å². The number of aryl methyl sites for hydroxylation is 1. The molecule has 0 aliphatic carbocycles. The molecule has 1 aromatic heterocycles. The largest absolute Gasteiger partial charge is 0.396 e. The van der Waals surface area contributed by atoms with Crippen molar-refractivity contribution in [1.29, 1.82) is 0 Å². The lowest BCUT2D eigenvalue weighted by Gasteiger charge is -2.00. The summed E-state index contributed by atoms with van der Waals surface area (Å²) in [7, 11) is 0. The maximum absolute atomic E-state index is 11.2. The van der Waals surface area contributed by atoms with Gasteiger partial charge < -0.3 is 5.11 Å². The summed E-state index contributed by atoms with van der Waals surface area (Å²) in [6.07, 6.45) is 2.19. The minimum Gasteiger partial charge on any atom is -0.396 e. The lowest BCUT2D eigenvalue weighted by molar-refractivity contribution is 0.275. The number of nitrogens with zero attached hydrogens (tertiary/aromatic N) is 2.